The summed E-state index contributed by atoms with van der Waals surface area (Å²) in [5.41, 5.74) is 6.41. The van der Waals surface area contributed by atoms with Crippen molar-refractivity contribution in [3.63, 3.8) is 0 Å². The molecule has 19 heavy (non-hydrogen) atoms. The third-order valence-corrected chi connectivity index (χ3v) is 2.78. The van der Waals surface area contributed by atoms with E-state index in [-0.39, 0.29) is 11.1 Å². The van der Waals surface area contributed by atoms with E-state index < -0.39 is 17.5 Å². The summed E-state index contributed by atoms with van der Waals surface area (Å²) in [6.45, 7) is 3.57. The topological polar surface area (TPSA) is 43.1 Å². The quantitative estimate of drug-likeness (QED) is 0.902. The second-order valence-corrected chi connectivity index (χ2v) is 3.99. The molecule has 96 valence electrons. The molecule has 2 N–H and O–H groups in total. The van der Waals surface area contributed by atoms with Gasteiger partial charge in [0, 0.05) is 11.1 Å². The van der Waals surface area contributed by atoms with Crippen molar-refractivity contribution in [3.05, 3.63) is 65.7 Å². The van der Waals surface area contributed by atoms with E-state index in [1.54, 1.807) is 0 Å². The van der Waals surface area contributed by atoms with Gasteiger partial charge < -0.3 is 5.73 Å². The van der Waals surface area contributed by atoms with E-state index in [9.17, 15) is 13.6 Å². The Morgan fingerprint density at radius 2 is 1.79 bits per heavy atom. The van der Waals surface area contributed by atoms with E-state index in [0.717, 1.165) is 6.07 Å². The summed E-state index contributed by atoms with van der Waals surface area (Å²) in [6.07, 6.45) is 1.44. The van der Waals surface area contributed by atoms with Crippen molar-refractivity contribution >= 4 is 12.0 Å². The highest BCUT2D eigenvalue weighted by Crippen LogP contribution is 2.28. The molecule has 2 aromatic carbocycles. The van der Waals surface area contributed by atoms with Gasteiger partial charge >= 0.3 is 0 Å². The van der Waals surface area contributed by atoms with E-state index in [4.69, 9.17) is 5.73 Å². The Balaban J connectivity index is 2.59. The first kappa shape index (κ1) is 13.0. The Labute approximate surface area is 109 Å². The monoisotopic (exact) mass is 259 g/mol. The minimum Gasteiger partial charge on any atom is -0.366 e. The molecule has 0 heterocycles. The Morgan fingerprint density at radius 3 is 2.37 bits per heavy atom. The number of amides is 1. The lowest BCUT2D eigenvalue weighted by molar-refractivity contribution is 0.1000. The van der Waals surface area contributed by atoms with Crippen LogP contribution in [-0.2, 0) is 0 Å². The molecule has 1 amide bonds. The molecule has 0 aliphatic heterocycles. The lowest BCUT2D eigenvalue weighted by Gasteiger charge is -2.08. The predicted molar refractivity (Wildman–Crippen MR) is 70.4 cm³/mol. The van der Waals surface area contributed by atoms with Crippen LogP contribution in [0.5, 0.6) is 0 Å². The van der Waals surface area contributed by atoms with Gasteiger partial charge in [-0.3, -0.25) is 4.79 Å². The fourth-order valence-electron chi connectivity index (χ4n) is 1.83. The van der Waals surface area contributed by atoms with Gasteiger partial charge in [-0.15, -0.1) is 0 Å². The van der Waals surface area contributed by atoms with Crippen molar-refractivity contribution in [3.8, 4) is 11.1 Å². The summed E-state index contributed by atoms with van der Waals surface area (Å²) in [7, 11) is 0. The molecule has 0 aliphatic rings. The summed E-state index contributed by atoms with van der Waals surface area (Å²) in [5.74, 6) is -1.72. The van der Waals surface area contributed by atoms with Crippen LogP contribution in [0.15, 0.2) is 43.0 Å². The zero-order valence-corrected chi connectivity index (χ0v) is 9.99. The minimum atomic E-state index is -0.700. The second kappa shape index (κ2) is 5.02. The fraction of sp³-hybridized carbons (Fsp3) is 0. The van der Waals surface area contributed by atoms with Crippen LogP contribution in [0.25, 0.3) is 17.2 Å². The maximum Gasteiger partial charge on any atom is 0.248 e. The number of carbonyl (C=O) groups is 1. The lowest BCUT2D eigenvalue weighted by Crippen LogP contribution is -2.11. The molecule has 0 aliphatic carbocycles. The van der Waals surface area contributed by atoms with Crippen molar-refractivity contribution in [1.82, 2.24) is 0 Å². The number of hydrogen-bond acceptors (Lipinski definition) is 1. The fourth-order valence-corrected chi connectivity index (χ4v) is 1.83. The summed E-state index contributed by atoms with van der Waals surface area (Å²) in [5, 5.41) is 0. The molecule has 0 atom stereocenters. The third kappa shape index (κ3) is 2.52. The summed E-state index contributed by atoms with van der Waals surface area (Å²) in [4.78, 5) is 11.0. The van der Waals surface area contributed by atoms with E-state index in [0.29, 0.717) is 11.1 Å². The van der Waals surface area contributed by atoms with Crippen molar-refractivity contribution in [2.45, 2.75) is 0 Å². The molecule has 0 radical (unpaired) electrons. The first-order valence-electron chi connectivity index (χ1n) is 5.54. The highest BCUT2D eigenvalue weighted by molar-refractivity contribution is 5.93. The number of hydrogen-bond donors (Lipinski definition) is 1. The Hall–Kier alpha value is -2.49. The van der Waals surface area contributed by atoms with E-state index in [1.807, 2.05) is 0 Å². The SMILES string of the molecule is C=Cc1cc(F)ccc1-c1ccc(C(N)=O)cc1F. The smallest absolute Gasteiger partial charge is 0.248 e. The van der Waals surface area contributed by atoms with Crippen LogP contribution >= 0.6 is 0 Å². The van der Waals surface area contributed by atoms with Crippen molar-refractivity contribution in [2.75, 3.05) is 0 Å². The van der Waals surface area contributed by atoms with Crippen LogP contribution in [0.3, 0.4) is 0 Å². The van der Waals surface area contributed by atoms with Gasteiger partial charge in [-0.05, 0) is 35.4 Å². The molecule has 0 saturated heterocycles. The molecule has 0 unspecified atom stereocenters. The van der Waals surface area contributed by atoms with Gasteiger partial charge in [-0.25, -0.2) is 8.78 Å². The van der Waals surface area contributed by atoms with Gasteiger partial charge in [0.1, 0.15) is 11.6 Å². The normalized spacial score (nSPS) is 10.2. The van der Waals surface area contributed by atoms with Crippen LogP contribution < -0.4 is 5.73 Å². The van der Waals surface area contributed by atoms with E-state index >= 15 is 0 Å². The van der Waals surface area contributed by atoms with Gasteiger partial charge in [0.25, 0.3) is 0 Å². The molecule has 2 nitrogen and oxygen atoms in total. The zero-order chi connectivity index (χ0) is 14.0. The highest BCUT2D eigenvalue weighted by atomic mass is 19.1. The predicted octanol–water partition coefficient (Wildman–Crippen LogP) is 3.37. The molecule has 2 rings (SSSR count). The van der Waals surface area contributed by atoms with Gasteiger partial charge in [0.2, 0.25) is 5.91 Å². The molecule has 0 bridgehead atoms. The molecule has 0 aromatic heterocycles. The zero-order valence-electron chi connectivity index (χ0n) is 9.99. The molecule has 2 aromatic rings. The van der Waals surface area contributed by atoms with Crippen LogP contribution in [0, 0.1) is 11.6 Å². The Kier molecular flexibility index (Phi) is 3.42. The van der Waals surface area contributed by atoms with Crippen molar-refractivity contribution in [2.24, 2.45) is 5.73 Å². The van der Waals surface area contributed by atoms with Crippen molar-refractivity contribution < 1.29 is 13.6 Å². The van der Waals surface area contributed by atoms with Gasteiger partial charge in [0.15, 0.2) is 0 Å². The summed E-state index contributed by atoms with van der Waals surface area (Å²) >= 11 is 0. The highest BCUT2D eigenvalue weighted by Gasteiger charge is 2.11. The maximum atomic E-state index is 14.0. The van der Waals surface area contributed by atoms with Crippen molar-refractivity contribution in [1.29, 1.82) is 0 Å². The average molecular weight is 259 g/mol. The molecular weight excluding hydrogens is 248 g/mol. The van der Waals surface area contributed by atoms with Gasteiger partial charge in [-0.2, -0.15) is 0 Å². The minimum absolute atomic E-state index is 0.0866. The van der Waals surface area contributed by atoms with Crippen LogP contribution in [0.4, 0.5) is 8.78 Å². The van der Waals surface area contributed by atoms with Crippen LogP contribution in [0.1, 0.15) is 15.9 Å². The molecule has 0 fully saturated rings. The summed E-state index contributed by atoms with van der Waals surface area (Å²) < 4.78 is 27.1. The standard InChI is InChI=1S/C15H11F2NO/c1-2-9-7-11(16)4-6-12(9)13-5-3-10(15(18)19)8-14(13)17/h2-8H,1H2,(H2,18,19). The number of carbonyl (C=O) groups excluding carboxylic acids is 1. The largest absolute Gasteiger partial charge is 0.366 e. The van der Waals surface area contributed by atoms with Gasteiger partial charge in [-0.1, -0.05) is 24.8 Å². The number of primary amides is 1. The molecular formula is C15H11F2NO. The Bertz CT molecular complexity index is 665. The Morgan fingerprint density at radius 1 is 1.11 bits per heavy atom. The number of rotatable bonds is 3. The van der Waals surface area contributed by atoms with E-state index in [1.165, 1.54) is 36.4 Å². The first-order valence-corrected chi connectivity index (χ1v) is 5.54. The second-order valence-electron chi connectivity index (χ2n) is 3.99. The maximum absolute atomic E-state index is 14.0. The molecule has 4 heteroatoms. The number of nitrogens with two attached hydrogens (primary N) is 1. The summed E-state index contributed by atoms with van der Waals surface area (Å²) in [6, 6.07) is 7.91. The van der Waals surface area contributed by atoms with E-state index in [2.05, 4.69) is 6.58 Å². The average Bonchev–Trinajstić information content (AvgIpc) is 2.38. The molecule has 0 spiro atoms. The van der Waals surface area contributed by atoms with Gasteiger partial charge in [0.05, 0.1) is 0 Å². The number of benzene rings is 2. The number of halogens is 2. The first-order chi connectivity index (χ1) is 9.02. The third-order valence-electron chi connectivity index (χ3n) is 2.78. The lowest BCUT2D eigenvalue weighted by atomic mass is 9.98. The van der Waals surface area contributed by atoms with Crippen LogP contribution in [0.2, 0.25) is 0 Å². The van der Waals surface area contributed by atoms with Crippen LogP contribution in [-0.4, -0.2) is 5.91 Å². The molecule has 0 saturated carbocycles.